The van der Waals surface area contributed by atoms with Gasteiger partial charge in [-0.2, -0.15) is 0 Å². The van der Waals surface area contributed by atoms with Gasteiger partial charge in [-0.3, -0.25) is 4.79 Å². The Morgan fingerprint density at radius 2 is 2.11 bits per heavy atom. The summed E-state index contributed by atoms with van der Waals surface area (Å²) in [5.74, 6) is -0.116. The standard InChI is InChI=1S/C20H28N6O/c1-15-19(23-24-26(15)17-7-11-21-12-8-17)20(27)22-10-4-13-25-14-9-16-5-2-3-6-18(16)25/h2-3,5-6,17,21H,4,7-14H2,1H3,(H,22,27). The molecule has 0 spiro atoms. The van der Waals surface area contributed by atoms with Crippen molar-refractivity contribution in [1.82, 2.24) is 25.6 Å². The molecule has 1 saturated heterocycles. The average Bonchev–Trinajstić information content (AvgIpc) is 3.29. The summed E-state index contributed by atoms with van der Waals surface area (Å²) in [5.41, 5.74) is 4.09. The molecule has 1 fully saturated rings. The van der Waals surface area contributed by atoms with Crippen LogP contribution in [0.4, 0.5) is 5.69 Å². The number of anilines is 1. The van der Waals surface area contributed by atoms with Crippen LogP contribution in [-0.2, 0) is 6.42 Å². The molecule has 1 aromatic heterocycles. The van der Waals surface area contributed by atoms with Crippen molar-refractivity contribution in [2.75, 3.05) is 37.6 Å². The molecule has 144 valence electrons. The highest BCUT2D eigenvalue weighted by molar-refractivity contribution is 5.93. The summed E-state index contributed by atoms with van der Waals surface area (Å²) in [6.07, 6.45) is 4.09. The molecule has 2 aliphatic heterocycles. The number of nitrogens with zero attached hydrogens (tertiary/aromatic N) is 4. The molecule has 2 N–H and O–H groups in total. The number of aromatic nitrogens is 3. The molecule has 1 aromatic carbocycles. The molecule has 3 heterocycles. The number of piperidine rings is 1. The summed E-state index contributed by atoms with van der Waals surface area (Å²) in [5, 5.41) is 14.8. The summed E-state index contributed by atoms with van der Waals surface area (Å²) < 4.78 is 1.93. The zero-order valence-electron chi connectivity index (χ0n) is 15.9. The molecule has 4 rings (SSSR count). The second-order valence-corrected chi connectivity index (χ2v) is 7.42. The second-order valence-electron chi connectivity index (χ2n) is 7.42. The third kappa shape index (κ3) is 3.83. The molecule has 0 radical (unpaired) electrons. The molecule has 0 bridgehead atoms. The minimum absolute atomic E-state index is 0.116. The maximum Gasteiger partial charge on any atom is 0.273 e. The van der Waals surface area contributed by atoms with Gasteiger partial charge in [-0.25, -0.2) is 4.68 Å². The van der Waals surface area contributed by atoms with Crippen molar-refractivity contribution in [3.8, 4) is 0 Å². The van der Waals surface area contributed by atoms with Gasteiger partial charge < -0.3 is 15.5 Å². The lowest BCUT2D eigenvalue weighted by Crippen LogP contribution is -2.31. The first-order valence-corrected chi connectivity index (χ1v) is 9.97. The predicted molar refractivity (Wildman–Crippen MR) is 105 cm³/mol. The zero-order chi connectivity index (χ0) is 18.6. The van der Waals surface area contributed by atoms with E-state index >= 15 is 0 Å². The molecule has 0 aliphatic carbocycles. The van der Waals surface area contributed by atoms with E-state index in [9.17, 15) is 4.79 Å². The number of fused-ring (bicyclic) bond motifs is 1. The number of amides is 1. The Labute approximate surface area is 160 Å². The first kappa shape index (κ1) is 18.0. The minimum atomic E-state index is -0.116. The van der Waals surface area contributed by atoms with Gasteiger partial charge in [-0.15, -0.1) is 5.10 Å². The van der Waals surface area contributed by atoms with Gasteiger partial charge in [0.25, 0.3) is 5.91 Å². The Morgan fingerprint density at radius 3 is 2.96 bits per heavy atom. The SMILES string of the molecule is Cc1c(C(=O)NCCCN2CCc3ccccc32)nnn1C1CCNCC1. The van der Waals surface area contributed by atoms with E-state index in [0.717, 1.165) is 57.6 Å². The number of carbonyl (C=O) groups excluding carboxylic acids is 1. The molecule has 0 unspecified atom stereocenters. The number of para-hydroxylation sites is 1. The Morgan fingerprint density at radius 1 is 1.30 bits per heavy atom. The predicted octanol–water partition coefficient (Wildman–Crippen LogP) is 1.69. The quantitative estimate of drug-likeness (QED) is 0.759. The molecular weight excluding hydrogens is 340 g/mol. The maximum atomic E-state index is 12.5. The highest BCUT2D eigenvalue weighted by Crippen LogP contribution is 2.27. The molecular formula is C20H28N6O. The van der Waals surface area contributed by atoms with Crippen LogP contribution in [-0.4, -0.2) is 53.6 Å². The fraction of sp³-hybridized carbons (Fsp3) is 0.550. The van der Waals surface area contributed by atoms with Crippen molar-refractivity contribution in [3.63, 3.8) is 0 Å². The lowest BCUT2D eigenvalue weighted by Gasteiger charge is -2.23. The third-order valence-electron chi connectivity index (χ3n) is 5.67. The molecule has 1 amide bonds. The van der Waals surface area contributed by atoms with Crippen LogP contribution in [0.25, 0.3) is 0 Å². The highest BCUT2D eigenvalue weighted by Gasteiger charge is 2.23. The normalized spacial score (nSPS) is 17.1. The summed E-state index contributed by atoms with van der Waals surface area (Å²) >= 11 is 0. The largest absolute Gasteiger partial charge is 0.371 e. The van der Waals surface area contributed by atoms with Crippen LogP contribution in [0.2, 0.25) is 0 Å². The van der Waals surface area contributed by atoms with E-state index in [1.807, 2.05) is 11.6 Å². The topological polar surface area (TPSA) is 75.1 Å². The van der Waals surface area contributed by atoms with Crippen molar-refractivity contribution < 1.29 is 4.79 Å². The number of carbonyl (C=O) groups is 1. The monoisotopic (exact) mass is 368 g/mol. The molecule has 27 heavy (non-hydrogen) atoms. The van der Waals surface area contributed by atoms with Gasteiger partial charge in [0.15, 0.2) is 5.69 Å². The first-order valence-electron chi connectivity index (χ1n) is 9.97. The number of benzene rings is 1. The fourth-order valence-electron chi connectivity index (χ4n) is 4.14. The van der Waals surface area contributed by atoms with E-state index in [0.29, 0.717) is 18.3 Å². The van der Waals surface area contributed by atoms with Gasteiger partial charge in [-0.05, 0) is 57.3 Å². The van der Waals surface area contributed by atoms with Gasteiger partial charge in [0, 0.05) is 25.3 Å². The average molecular weight is 368 g/mol. The number of rotatable bonds is 6. The van der Waals surface area contributed by atoms with Crippen molar-refractivity contribution in [2.45, 2.75) is 38.6 Å². The van der Waals surface area contributed by atoms with Crippen molar-refractivity contribution in [2.24, 2.45) is 0 Å². The Balaban J connectivity index is 1.27. The molecule has 7 nitrogen and oxygen atoms in total. The minimum Gasteiger partial charge on any atom is -0.371 e. The fourth-order valence-corrected chi connectivity index (χ4v) is 4.14. The van der Waals surface area contributed by atoms with Crippen molar-refractivity contribution in [3.05, 3.63) is 41.2 Å². The van der Waals surface area contributed by atoms with Gasteiger partial charge >= 0.3 is 0 Å². The summed E-state index contributed by atoms with van der Waals surface area (Å²) in [6.45, 7) is 6.60. The zero-order valence-corrected chi connectivity index (χ0v) is 15.9. The van der Waals surface area contributed by atoms with E-state index in [2.05, 4.69) is 50.1 Å². The lowest BCUT2D eigenvalue weighted by molar-refractivity contribution is 0.0947. The first-order chi connectivity index (χ1) is 13.2. The molecule has 2 aliphatic rings. The Hall–Kier alpha value is -2.41. The van der Waals surface area contributed by atoms with E-state index < -0.39 is 0 Å². The number of hydrogen-bond acceptors (Lipinski definition) is 5. The van der Waals surface area contributed by atoms with Crippen LogP contribution in [0.15, 0.2) is 24.3 Å². The van der Waals surface area contributed by atoms with E-state index in [4.69, 9.17) is 0 Å². The third-order valence-corrected chi connectivity index (χ3v) is 5.67. The van der Waals surface area contributed by atoms with Crippen molar-refractivity contribution >= 4 is 11.6 Å². The summed E-state index contributed by atoms with van der Waals surface area (Å²) in [4.78, 5) is 14.9. The Bertz CT molecular complexity index is 796. The van der Waals surface area contributed by atoms with Crippen molar-refractivity contribution in [1.29, 1.82) is 0 Å². The number of hydrogen-bond donors (Lipinski definition) is 2. The lowest BCUT2D eigenvalue weighted by atomic mass is 10.1. The van der Waals surface area contributed by atoms with E-state index in [1.54, 1.807) is 0 Å². The van der Waals surface area contributed by atoms with Crippen LogP contribution < -0.4 is 15.5 Å². The van der Waals surface area contributed by atoms with Gasteiger partial charge in [0.2, 0.25) is 0 Å². The smallest absolute Gasteiger partial charge is 0.273 e. The maximum absolute atomic E-state index is 12.5. The van der Waals surface area contributed by atoms with Gasteiger partial charge in [0.1, 0.15) is 0 Å². The van der Waals surface area contributed by atoms with Crippen LogP contribution in [0.5, 0.6) is 0 Å². The van der Waals surface area contributed by atoms with Gasteiger partial charge in [-0.1, -0.05) is 23.4 Å². The molecule has 7 heteroatoms. The number of nitrogens with one attached hydrogen (secondary N) is 2. The second kappa shape index (κ2) is 8.08. The van der Waals surface area contributed by atoms with E-state index in [-0.39, 0.29) is 5.91 Å². The van der Waals surface area contributed by atoms with Crippen LogP contribution in [0.3, 0.4) is 0 Å². The van der Waals surface area contributed by atoms with Crippen LogP contribution in [0.1, 0.15) is 47.1 Å². The summed E-state index contributed by atoms with van der Waals surface area (Å²) in [6, 6.07) is 8.92. The van der Waals surface area contributed by atoms with Crippen LogP contribution in [0, 0.1) is 6.92 Å². The van der Waals surface area contributed by atoms with Crippen LogP contribution >= 0.6 is 0 Å². The van der Waals surface area contributed by atoms with Gasteiger partial charge in [0.05, 0.1) is 11.7 Å². The molecule has 0 saturated carbocycles. The van der Waals surface area contributed by atoms with E-state index in [1.165, 1.54) is 11.3 Å². The molecule has 0 atom stereocenters. The Kier molecular flexibility index (Phi) is 5.38. The summed E-state index contributed by atoms with van der Waals surface area (Å²) in [7, 11) is 0. The molecule has 2 aromatic rings. The highest BCUT2D eigenvalue weighted by atomic mass is 16.2.